The van der Waals surface area contributed by atoms with Crippen molar-refractivity contribution in [1.82, 2.24) is 5.32 Å². The zero-order valence-electron chi connectivity index (χ0n) is 16.3. The minimum atomic E-state index is -0.519. The van der Waals surface area contributed by atoms with Gasteiger partial charge < -0.3 is 10.1 Å². The lowest BCUT2D eigenvalue weighted by Gasteiger charge is -2.22. The molecule has 0 unspecified atom stereocenters. The van der Waals surface area contributed by atoms with Crippen molar-refractivity contribution in [2.45, 2.75) is 50.8 Å². The number of hydrogen-bond donors (Lipinski definition) is 1. The van der Waals surface area contributed by atoms with Crippen molar-refractivity contribution in [3.63, 3.8) is 0 Å². The number of Topliss-reactive ketones (excluding diaryl/α,β-unsaturated/α-hetero) is 1. The number of hydrogen-bond acceptors (Lipinski definition) is 4. The predicted octanol–water partition coefficient (Wildman–Crippen LogP) is 4.19. The van der Waals surface area contributed by atoms with E-state index in [9.17, 15) is 14.4 Å². The molecule has 0 spiro atoms. The van der Waals surface area contributed by atoms with E-state index in [1.807, 2.05) is 30.3 Å². The van der Waals surface area contributed by atoms with Gasteiger partial charge in [0.15, 0.2) is 5.78 Å². The maximum atomic E-state index is 14.5. The Kier molecular flexibility index (Phi) is 5.92. The smallest absolute Gasteiger partial charge is 0.151 e. The van der Waals surface area contributed by atoms with Gasteiger partial charge in [-0.2, -0.15) is 5.26 Å². The van der Waals surface area contributed by atoms with E-state index in [1.54, 1.807) is 12.1 Å². The van der Waals surface area contributed by atoms with Gasteiger partial charge in [0.1, 0.15) is 18.2 Å². The standard InChI is InChI=1S/C24H25FN2O2/c25-22-13-21(29-15-16-4-2-1-3-5-16)9-7-18(22)10-17(14-26)11-23(28)24-19-6-8-20(12-19)27-24/h1-5,7,9,13,17,19-20,24,27H,6,8,10-12,15H2/t17-,19+,20-,24+/m1/s1. The van der Waals surface area contributed by atoms with Crippen LogP contribution in [0.15, 0.2) is 48.5 Å². The van der Waals surface area contributed by atoms with Crippen LogP contribution in [0.3, 0.4) is 0 Å². The fourth-order valence-corrected chi connectivity index (χ4v) is 4.54. The molecule has 5 heteroatoms. The zero-order chi connectivity index (χ0) is 20.2. The molecule has 2 aliphatic rings. The van der Waals surface area contributed by atoms with Gasteiger partial charge in [-0.05, 0) is 48.8 Å². The van der Waals surface area contributed by atoms with Crippen LogP contribution in [0.25, 0.3) is 0 Å². The first-order chi connectivity index (χ1) is 14.1. The van der Waals surface area contributed by atoms with Crippen molar-refractivity contribution in [2.24, 2.45) is 11.8 Å². The summed E-state index contributed by atoms with van der Waals surface area (Å²) in [5, 5.41) is 12.9. The molecule has 2 fully saturated rings. The number of ether oxygens (including phenoxy) is 1. The van der Waals surface area contributed by atoms with Gasteiger partial charge in [-0.15, -0.1) is 0 Å². The molecule has 0 amide bonds. The minimum Gasteiger partial charge on any atom is -0.489 e. The van der Waals surface area contributed by atoms with Gasteiger partial charge in [0.25, 0.3) is 0 Å². The molecule has 0 aromatic heterocycles. The highest BCUT2D eigenvalue weighted by Gasteiger charge is 2.42. The summed E-state index contributed by atoms with van der Waals surface area (Å²) >= 11 is 0. The number of piperidine rings is 1. The number of ketones is 1. The molecule has 1 saturated carbocycles. The molecular weight excluding hydrogens is 367 g/mol. The molecule has 1 aliphatic carbocycles. The molecule has 0 radical (unpaired) electrons. The molecule has 1 saturated heterocycles. The molecule has 4 nitrogen and oxygen atoms in total. The molecule has 1 N–H and O–H groups in total. The molecule has 150 valence electrons. The van der Waals surface area contributed by atoms with Crippen LogP contribution in [-0.2, 0) is 17.8 Å². The molecule has 4 atom stereocenters. The predicted molar refractivity (Wildman–Crippen MR) is 108 cm³/mol. The van der Waals surface area contributed by atoms with Gasteiger partial charge >= 0.3 is 0 Å². The average Bonchev–Trinajstić information content (AvgIpc) is 3.38. The van der Waals surface area contributed by atoms with E-state index in [0.29, 0.717) is 29.9 Å². The Hall–Kier alpha value is -2.71. The van der Waals surface area contributed by atoms with Crippen LogP contribution in [-0.4, -0.2) is 17.9 Å². The normalized spacial score (nSPS) is 23.5. The number of benzene rings is 2. The highest BCUT2D eigenvalue weighted by Crippen LogP contribution is 2.36. The van der Waals surface area contributed by atoms with Crippen LogP contribution < -0.4 is 10.1 Å². The van der Waals surface area contributed by atoms with Crippen LogP contribution in [0.5, 0.6) is 5.75 Å². The second-order valence-corrected chi connectivity index (χ2v) is 8.14. The number of nitrogens with one attached hydrogen (secondary N) is 1. The largest absolute Gasteiger partial charge is 0.489 e. The van der Waals surface area contributed by atoms with Crippen LogP contribution in [0, 0.1) is 29.0 Å². The number of rotatable bonds is 8. The third-order valence-electron chi connectivity index (χ3n) is 6.08. The van der Waals surface area contributed by atoms with E-state index in [-0.39, 0.29) is 24.7 Å². The van der Waals surface area contributed by atoms with Crippen LogP contribution in [0.4, 0.5) is 4.39 Å². The fourth-order valence-electron chi connectivity index (χ4n) is 4.54. The Morgan fingerprint density at radius 3 is 2.72 bits per heavy atom. The summed E-state index contributed by atoms with van der Waals surface area (Å²) in [6, 6.07) is 16.9. The zero-order valence-corrected chi connectivity index (χ0v) is 16.3. The lowest BCUT2D eigenvalue weighted by Crippen LogP contribution is -2.42. The van der Waals surface area contributed by atoms with Crippen molar-refractivity contribution in [2.75, 3.05) is 0 Å². The Balaban J connectivity index is 1.33. The monoisotopic (exact) mass is 392 g/mol. The average molecular weight is 392 g/mol. The molecule has 1 heterocycles. The number of carbonyl (C=O) groups is 1. The van der Waals surface area contributed by atoms with Gasteiger partial charge in [-0.3, -0.25) is 4.79 Å². The summed E-state index contributed by atoms with van der Waals surface area (Å²) in [6.07, 6.45) is 3.69. The van der Waals surface area contributed by atoms with Crippen molar-refractivity contribution in [3.05, 3.63) is 65.5 Å². The first kappa shape index (κ1) is 19.6. The second-order valence-electron chi connectivity index (χ2n) is 8.14. The van der Waals surface area contributed by atoms with Gasteiger partial charge in [0, 0.05) is 18.5 Å². The van der Waals surface area contributed by atoms with Gasteiger partial charge in [0.05, 0.1) is 18.0 Å². The van der Waals surface area contributed by atoms with Crippen LogP contribution in [0.1, 0.15) is 36.8 Å². The maximum absolute atomic E-state index is 14.5. The number of nitrogens with zero attached hydrogens (tertiary/aromatic N) is 1. The molecular formula is C24H25FN2O2. The quantitative estimate of drug-likeness (QED) is 0.732. The lowest BCUT2D eigenvalue weighted by molar-refractivity contribution is -0.122. The maximum Gasteiger partial charge on any atom is 0.151 e. The SMILES string of the molecule is N#C[C@@H](CC(=O)[C@H]1N[C@@H]2CC[C@H]1C2)Cc1ccc(OCc2ccccc2)cc1F. The third-order valence-corrected chi connectivity index (χ3v) is 6.08. The third kappa shape index (κ3) is 4.65. The molecule has 4 rings (SSSR count). The topological polar surface area (TPSA) is 62.1 Å². The first-order valence-corrected chi connectivity index (χ1v) is 10.3. The summed E-state index contributed by atoms with van der Waals surface area (Å²) in [5.41, 5.74) is 1.45. The first-order valence-electron chi connectivity index (χ1n) is 10.3. The van der Waals surface area contributed by atoms with Crippen LogP contribution in [0.2, 0.25) is 0 Å². The van der Waals surface area contributed by atoms with E-state index in [2.05, 4.69) is 11.4 Å². The van der Waals surface area contributed by atoms with E-state index in [4.69, 9.17) is 4.74 Å². The van der Waals surface area contributed by atoms with E-state index in [1.165, 1.54) is 6.07 Å². The van der Waals surface area contributed by atoms with Gasteiger partial charge in [0.2, 0.25) is 0 Å². The molecule has 29 heavy (non-hydrogen) atoms. The Morgan fingerprint density at radius 2 is 2.07 bits per heavy atom. The van der Waals surface area contributed by atoms with E-state index >= 15 is 0 Å². The summed E-state index contributed by atoms with van der Waals surface area (Å²) in [7, 11) is 0. The van der Waals surface area contributed by atoms with Gasteiger partial charge in [-0.1, -0.05) is 36.4 Å². The van der Waals surface area contributed by atoms with Gasteiger partial charge in [-0.25, -0.2) is 4.39 Å². The molecule has 2 aromatic carbocycles. The van der Waals surface area contributed by atoms with Crippen LogP contribution >= 0.6 is 0 Å². The summed E-state index contributed by atoms with van der Waals surface area (Å²) < 4.78 is 20.2. The number of halogens is 1. The Bertz CT molecular complexity index is 909. The summed E-state index contributed by atoms with van der Waals surface area (Å²) in [6.45, 7) is 0.367. The van der Waals surface area contributed by atoms with Crippen molar-refractivity contribution in [3.8, 4) is 11.8 Å². The highest BCUT2D eigenvalue weighted by molar-refractivity contribution is 5.85. The fraction of sp³-hybridized carbons (Fsp3) is 0.417. The molecule has 1 aliphatic heterocycles. The molecule has 2 bridgehead atoms. The Morgan fingerprint density at radius 1 is 1.24 bits per heavy atom. The Labute approximate surface area is 170 Å². The van der Waals surface area contributed by atoms with Crippen molar-refractivity contribution in [1.29, 1.82) is 5.26 Å². The van der Waals surface area contributed by atoms with E-state index in [0.717, 1.165) is 24.8 Å². The lowest BCUT2D eigenvalue weighted by atomic mass is 9.88. The highest BCUT2D eigenvalue weighted by atomic mass is 19.1. The number of nitriles is 1. The number of carbonyl (C=O) groups excluding carboxylic acids is 1. The molecule has 2 aromatic rings. The van der Waals surface area contributed by atoms with Crippen molar-refractivity contribution >= 4 is 5.78 Å². The van der Waals surface area contributed by atoms with E-state index < -0.39 is 11.7 Å². The second kappa shape index (κ2) is 8.75. The summed E-state index contributed by atoms with van der Waals surface area (Å²) in [4.78, 5) is 12.6. The summed E-state index contributed by atoms with van der Waals surface area (Å²) in [5.74, 6) is 0.0257. The van der Waals surface area contributed by atoms with Crippen molar-refractivity contribution < 1.29 is 13.9 Å². The minimum absolute atomic E-state index is 0.0898. The number of fused-ring (bicyclic) bond motifs is 2.